The third-order valence-corrected chi connectivity index (χ3v) is 4.31. The number of unbranched alkanes of at least 4 members (excludes halogenated alkanes) is 12. The summed E-state index contributed by atoms with van der Waals surface area (Å²) in [4.78, 5) is 21.9. The molecule has 0 aliphatic rings. The van der Waals surface area contributed by atoms with Gasteiger partial charge in [-0.1, -0.05) is 76.9 Å². The van der Waals surface area contributed by atoms with Gasteiger partial charge in [0.1, 0.15) is 12.2 Å². The van der Waals surface area contributed by atoms with Gasteiger partial charge < -0.3 is 14.9 Å². The average molecular weight is 503 g/mol. The van der Waals surface area contributed by atoms with Crippen LogP contribution in [0.3, 0.4) is 0 Å². The second kappa shape index (κ2) is 34.5. The Hall–Kier alpha value is -0.668. The Kier molecular flexibility index (Phi) is 41.1. The summed E-state index contributed by atoms with van der Waals surface area (Å²) < 4.78 is 5.00. The summed E-state index contributed by atoms with van der Waals surface area (Å²) in [6, 6.07) is 0. The third kappa shape index (κ3) is 57.8. The van der Waals surface area contributed by atoms with Crippen molar-refractivity contribution in [3.8, 4) is 0 Å². The maximum absolute atomic E-state index is 11.2. The van der Waals surface area contributed by atoms with E-state index in [2.05, 4.69) is 19.1 Å². The molecule has 2 N–H and O–H groups in total. The molecule has 0 rings (SSSR count). The van der Waals surface area contributed by atoms with E-state index in [1.54, 1.807) is 27.7 Å². The fourth-order valence-electron chi connectivity index (χ4n) is 2.79. The lowest BCUT2D eigenvalue weighted by molar-refractivity contribution is -0.145. The van der Waals surface area contributed by atoms with Crippen molar-refractivity contribution in [3.63, 3.8) is 0 Å². The summed E-state index contributed by atoms with van der Waals surface area (Å²) >= 11 is 0. The van der Waals surface area contributed by atoms with Gasteiger partial charge >= 0.3 is 5.97 Å². The van der Waals surface area contributed by atoms with Crippen molar-refractivity contribution in [2.75, 3.05) is 6.61 Å². The molecule has 0 saturated carbocycles. The number of aliphatic hydroxyl groups excluding tert-OH is 2. The monoisotopic (exact) mass is 502 g/mol. The number of carbonyl (C=O) groups is 2. The van der Waals surface area contributed by atoms with Crippen molar-refractivity contribution in [1.29, 1.82) is 0 Å². The molecule has 0 heterocycles. The van der Waals surface area contributed by atoms with E-state index >= 15 is 0 Å². The molecule has 0 aromatic heterocycles. The highest BCUT2D eigenvalue weighted by atomic mass is 27.0. The maximum atomic E-state index is 11.2. The normalized spacial score (nSPS) is 10.3. The molecule has 0 bridgehead atoms. The number of aliphatic hydroxyl groups is 2. The lowest BCUT2D eigenvalue weighted by atomic mass is 10.1. The van der Waals surface area contributed by atoms with Crippen molar-refractivity contribution in [3.05, 3.63) is 12.2 Å². The Balaban J connectivity index is -0.000000430. The summed E-state index contributed by atoms with van der Waals surface area (Å²) in [5, 5.41) is 16.1. The van der Waals surface area contributed by atoms with Gasteiger partial charge in [-0.05, 0) is 66.7 Å². The molecule has 34 heavy (non-hydrogen) atoms. The van der Waals surface area contributed by atoms with Crippen LogP contribution in [0.5, 0.6) is 0 Å². The van der Waals surface area contributed by atoms with Gasteiger partial charge in [-0.25, -0.2) is 0 Å². The largest absolute Gasteiger partial charge is 0.465 e. The standard InChI is InChI=1S/C22H40O3.2C3H8O.Al.3H/c1-3-4-5-6-7-8-9-10-11-12-13-14-15-16-17-18-19-25-22(24)20-21(2)23;2*1-3(2)4;;;;/h10-11H,3-9,12-20H2,1-2H3;2*3-4H,1-2H3;;;;. The molecule has 0 fully saturated rings. The summed E-state index contributed by atoms with van der Waals surface area (Å²) in [6.07, 6.45) is 22.0. The number of carbonyl (C=O) groups excluding carboxylic acids is 2. The molecule has 204 valence electrons. The Morgan fingerprint density at radius 1 is 0.706 bits per heavy atom. The molecular weight excluding hydrogens is 443 g/mol. The number of allylic oxidation sites excluding steroid dienone is 2. The van der Waals surface area contributed by atoms with E-state index in [4.69, 9.17) is 14.9 Å². The van der Waals surface area contributed by atoms with Crippen LogP contribution in [0.1, 0.15) is 138 Å². The summed E-state index contributed by atoms with van der Waals surface area (Å²) in [6.45, 7) is 11.0. The highest BCUT2D eigenvalue weighted by Crippen LogP contribution is 2.10. The number of Topliss-reactive ketones (excluding diaryl/α,β-unsaturated/α-hetero) is 1. The number of ether oxygens (including phenoxy) is 1. The fourth-order valence-corrected chi connectivity index (χ4v) is 2.79. The smallest absolute Gasteiger partial charge is 0.313 e. The Bertz CT molecular complexity index is 425. The lowest BCUT2D eigenvalue weighted by Gasteiger charge is -2.03. The van der Waals surface area contributed by atoms with Crippen LogP contribution in [0, 0.1) is 0 Å². The minimum atomic E-state index is -0.389. The summed E-state index contributed by atoms with van der Waals surface area (Å²) in [5.41, 5.74) is 0. The average Bonchev–Trinajstić information content (AvgIpc) is 2.69. The van der Waals surface area contributed by atoms with E-state index in [1.807, 2.05) is 0 Å². The first-order valence-corrected chi connectivity index (χ1v) is 13.3. The first kappa shape index (κ1) is 40.5. The van der Waals surface area contributed by atoms with Crippen LogP contribution < -0.4 is 0 Å². The summed E-state index contributed by atoms with van der Waals surface area (Å²) in [7, 11) is 0. The molecule has 0 unspecified atom stereocenters. The SMILES string of the molecule is CC(C)O.CC(C)O.CCCCCCCCC=CCCCCCCCCOC(=O)CC(C)=O.[AlH3]. The van der Waals surface area contributed by atoms with E-state index in [-0.39, 0.29) is 47.7 Å². The van der Waals surface area contributed by atoms with Crippen LogP contribution in [0.25, 0.3) is 0 Å². The molecule has 0 aromatic carbocycles. The van der Waals surface area contributed by atoms with Crippen LogP contribution in [-0.4, -0.2) is 58.1 Å². The number of hydrogen-bond acceptors (Lipinski definition) is 5. The van der Waals surface area contributed by atoms with Gasteiger partial charge in [-0.2, -0.15) is 0 Å². The van der Waals surface area contributed by atoms with Crippen LogP contribution in [0.15, 0.2) is 12.2 Å². The van der Waals surface area contributed by atoms with Gasteiger partial charge in [0.05, 0.1) is 6.61 Å². The molecule has 0 aromatic rings. The van der Waals surface area contributed by atoms with Gasteiger partial charge in [0.2, 0.25) is 0 Å². The van der Waals surface area contributed by atoms with Gasteiger partial charge in [-0.15, -0.1) is 0 Å². The minimum absolute atomic E-state index is 0. The second-order valence-corrected chi connectivity index (χ2v) is 9.22. The topological polar surface area (TPSA) is 83.8 Å². The number of esters is 1. The first-order valence-electron chi connectivity index (χ1n) is 13.3. The molecule has 0 radical (unpaired) electrons. The van der Waals surface area contributed by atoms with E-state index in [9.17, 15) is 9.59 Å². The maximum Gasteiger partial charge on any atom is 0.313 e. The predicted octanol–water partition coefficient (Wildman–Crippen LogP) is 6.14. The highest BCUT2D eigenvalue weighted by Gasteiger charge is 2.05. The summed E-state index contributed by atoms with van der Waals surface area (Å²) in [5.74, 6) is -0.522. The molecule has 0 aliphatic carbocycles. The Labute approximate surface area is 222 Å². The molecule has 0 saturated heterocycles. The van der Waals surface area contributed by atoms with Gasteiger partial charge in [0.15, 0.2) is 17.4 Å². The predicted molar refractivity (Wildman–Crippen MR) is 150 cm³/mol. The number of rotatable bonds is 18. The quantitative estimate of drug-likeness (QED) is 0.0774. The van der Waals surface area contributed by atoms with E-state index in [0.29, 0.717) is 6.61 Å². The van der Waals surface area contributed by atoms with Crippen LogP contribution >= 0.6 is 0 Å². The third-order valence-electron chi connectivity index (χ3n) is 4.31. The van der Waals surface area contributed by atoms with Crippen molar-refractivity contribution in [2.45, 2.75) is 150 Å². The number of ketones is 1. The molecule has 0 atom stereocenters. The Morgan fingerprint density at radius 3 is 1.44 bits per heavy atom. The van der Waals surface area contributed by atoms with Gasteiger partial charge in [-0.3, -0.25) is 9.59 Å². The lowest BCUT2D eigenvalue weighted by Crippen LogP contribution is -2.09. The van der Waals surface area contributed by atoms with Gasteiger partial charge in [0.25, 0.3) is 0 Å². The van der Waals surface area contributed by atoms with Crippen molar-refractivity contribution in [2.24, 2.45) is 0 Å². The second-order valence-electron chi connectivity index (χ2n) is 9.22. The molecule has 0 spiro atoms. The van der Waals surface area contributed by atoms with E-state index < -0.39 is 0 Å². The van der Waals surface area contributed by atoms with Crippen LogP contribution in [-0.2, 0) is 14.3 Å². The van der Waals surface area contributed by atoms with Crippen LogP contribution in [0.4, 0.5) is 0 Å². The van der Waals surface area contributed by atoms with Crippen LogP contribution in [0.2, 0.25) is 0 Å². The molecular formula is C28H59AlO5. The first-order chi connectivity index (χ1) is 15.6. The molecule has 5 nitrogen and oxygen atoms in total. The zero-order valence-electron chi connectivity index (χ0n) is 22.7. The number of hydrogen-bond donors (Lipinski definition) is 2. The van der Waals surface area contributed by atoms with Crippen molar-refractivity contribution < 1.29 is 24.5 Å². The minimum Gasteiger partial charge on any atom is -0.465 e. The van der Waals surface area contributed by atoms with Gasteiger partial charge in [0, 0.05) is 12.2 Å². The molecule has 0 aliphatic heterocycles. The van der Waals surface area contributed by atoms with E-state index in [1.165, 1.54) is 84.0 Å². The fraction of sp³-hybridized carbons (Fsp3) is 0.857. The van der Waals surface area contributed by atoms with E-state index in [0.717, 1.165) is 12.8 Å². The van der Waals surface area contributed by atoms with Crippen molar-refractivity contribution in [1.82, 2.24) is 0 Å². The zero-order chi connectivity index (χ0) is 25.7. The van der Waals surface area contributed by atoms with Crippen molar-refractivity contribution >= 4 is 29.1 Å². The zero-order valence-corrected chi connectivity index (χ0v) is 22.7. The molecule has 0 amide bonds. The Morgan fingerprint density at radius 2 is 1.06 bits per heavy atom. The molecule has 6 heteroatoms. The highest BCUT2D eigenvalue weighted by molar-refractivity contribution is 5.94.